The summed E-state index contributed by atoms with van der Waals surface area (Å²) in [7, 11) is 0. The number of non-ortho nitro benzene ring substituents is 1. The lowest BCUT2D eigenvalue weighted by Crippen LogP contribution is -2.29. The molecule has 168 valence electrons. The largest absolute Gasteiger partial charge is 0.507 e. The van der Waals surface area contributed by atoms with Gasteiger partial charge in [0.1, 0.15) is 11.5 Å². The summed E-state index contributed by atoms with van der Waals surface area (Å²) in [6.45, 7) is 5.73. The summed E-state index contributed by atoms with van der Waals surface area (Å²) in [5.41, 5.74) is 0.0808. The number of nitro benzene ring substituents is 1. The zero-order chi connectivity index (χ0) is 23.9. The van der Waals surface area contributed by atoms with Gasteiger partial charge in [-0.05, 0) is 17.7 Å². The van der Waals surface area contributed by atoms with Crippen molar-refractivity contribution in [3.63, 3.8) is 0 Å². The van der Waals surface area contributed by atoms with Gasteiger partial charge in [-0.1, -0.05) is 56.3 Å². The second-order valence-electron chi connectivity index (χ2n) is 8.68. The highest BCUT2D eigenvalue weighted by atomic mass is 16.6. The molecule has 2 heterocycles. The fourth-order valence-corrected chi connectivity index (χ4v) is 3.65. The second kappa shape index (κ2) is 8.01. The first-order chi connectivity index (χ1) is 15.6. The highest BCUT2D eigenvalue weighted by Crippen LogP contribution is 2.42. The number of benzene rings is 2. The molecule has 9 heteroatoms. The minimum Gasteiger partial charge on any atom is -0.507 e. The normalized spacial score (nSPS) is 18.0. The van der Waals surface area contributed by atoms with Crippen molar-refractivity contribution in [3.8, 4) is 0 Å². The maximum Gasteiger partial charge on any atom is 0.301 e. The quantitative estimate of drug-likeness (QED) is 0.205. The van der Waals surface area contributed by atoms with Crippen molar-refractivity contribution >= 4 is 29.0 Å². The van der Waals surface area contributed by atoms with E-state index in [0.717, 1.165) is 4.90 Å². The van der Waals surface area contributed by atoms with Crippen LogP contribution in [0.5, 0.6) is 0 Å². The van der Waals surface area contributed by atoms with Gasteiger partial charge < -0.3 is 9.63 Å². The third-order valence-electron chi connectivity index (χ3n) is 5.40. The van der Waals surface area contributed by atoms with Crippen molar-refractivity contribution < 1.29 is 24.1 Å². The molecule has 0 aliphatic carbocycles. The first kappa shape index (κ1) is 21.9. The van der Waals surface area contributed by atoms with Crippen LogP contribution in [0.1, 0.15) is 43.7 Å². The molecule has 2 aromatic carbocycles. The standard InChI is InChI=1S/C24H21N3O6/c1-24(2,3)17-13-18(25-33-17)26-20(14-9-11-16(12-10-14)27(31)32)19(22(29)23(26)30)21(28)15-7-5-4-6-8-15/h4-13,20,28H,1-3H3/t20-/m1/s1. The predicted octanol–water partition coefficient (Wildman–Crippen LogP) is 4.51. The molecular formula is C24H21N3O6. The number of Topliss-reactive ketones (excluding diaryl/α,β-unsaturated/α-hetero) is 1. The number of hydrogen-bond acceptors (Lipinski definition) is 7. The van der Waals surface area contributed by atoms with Crippen LogP contribution in [0.3, 0.4) is 0 Å². The Balaban J connectivity index is 1.91. The minimum absolute atomic E-state index is 0.109. The maximum absolute atomic E-state index is 13.1. The van der Waals surface area contributed by atoms with Gasteiger partial charge in [0.2, 0.25) is 0 Å². The molecule has 1 aliphatic rings. The Hall–Kier alpha value is -4.27. The van der Waals surface area contributed by atoms with Crippen LogP contribution in [-0.2, 0) is 15.0 Å². The number of aliphatic hydroxyl groups excluding tert-OH is 1. The third-order valence-corrected chi connectivity index (χ3v) is 5.40. The molecule has 0 bridgehead atoms. The molecule has 1 N–H and O–H groups in total. The number of aliphatic hydroxyl groups is 1. The van der Waals surface area contributed by atoms with E-state index in [2.05, 4.69) is 5.16 Å². The average Bonchev–Trinajstić information content (AvgIpc) is 3.37. The van der Waals surface area contributed by atoms with Crippen molar-refractivity contribution in [2.45, 2.75) is 32.2 Å². The lowest BCUT2D eigenvalue weighted by Gasteiger charge is -2.22. The van der Waals surface area contributed by atoms with Crippen LogP contribution in [0.25, 0.3) is 5.76 Å². The van der Waals surface area contributed by atoms with E-state index in [-0.39, 0.29) is 22.8 Å². The van der Waals surface area contributed by atoms with Crippen molar-refractivity contribution in [2.75, 3.05) is 4.90 Å². The number of carbonyl (C=O) groups excluding carboxylic acids is 2. The van der Waals surface area contributed by atoms with E-state index < -0.39 is 28.1 Å². The molecule has 0 unspecified atom stereocenters. The topological polar surface area (TPSA) is 127 Å². The molecule has 1 aliphatic heterocycles. The van der Waals surface area contributed by atoms with Gasteiger partial charge in [-0.25, -0.2) is 0 Å². The van der Waals surface area contributed by atoms with Gasteiger partial charge in [-0.3, -0.25) is 24.6 Å². The Kier molecular flexibility index (Phi) is 5.33. The van der Waals surface area contributed by atoms with Crippen LogP contribution in [0.15, 0.2) is 70.8 Å². The molecule has 9 nitrogen and oxygen atoms in total. The fourth-order valence-electron chi connectivity index (χ4n) is 3.65. The number of ketones is 1. The fraction of sp³-hybridized carbons (Fsp3) is 0.208. The summed E-state index contributed by atoms with van der Waals surface area (Å²) in [5.74, 6) is -1.51. The number of hydrogen-bond donors (Lipinski definition) is 1. The van der Waals surface area contributed by atoms with E-state index in [4.69, 9.17) is 4.52 Å². The van der Waals surface area contributed by atoms with Crippen LogP contribution < -0.4 is 4.90 Å². The van der Waals surface area contributed by atoms with Crippen LogP contribution in [0.4, 0.5) is 11.5 Å². The maximum atomic E-state index is 13.1. The molecule has 33 heavy (non-hydrogen) atoms. The Labute approximate surface area is 189 Å². The Morgan fingerprint density at radius 2 is 1.73 bits per heavy atom. The van der Waals surface area contributed by atoms with E-state index >= 15 is 0 Å². The first-order valence-corrected chi connectivity index (χ1v) is 10.2. The third kappa shape index (κ3) is 3.89. The number of aromatic nitrogens is 1. The van der Waals surface area contributed by atoms with Crippen LogP contribution in [0.2, 0.25) is 0 Å². The molecule has 0 spiro atoms. The summed E-state index contributed by atoms with van der Waals surface area (Å²) in [4.78, 5) is 37.9. The van der Waals surface area contributed by atoms with Gasteiger partial charge in [0.05, 0.1) is 16.5 Å². The van der Waals surface area contributed by atoms with Gasteiger partial charge in [0.15, 0.2) is 5.82 Å². The smallest absolute Gasteiger partial charge is 0.301 e. The van der Waals surface area contributed by atoms with E-state index in [1.807, 2.05) is 20.8 Å². The molecule has 1 fully saturated rings. The first-order valence-electron chi connectivity index (χ1n) is 10.2. The van der Waals surface area contributed by atoms with Gasteiger partial charge >= 0.3 is 5.91 Å². The van der Waals surface area contributed by atoms with Gasteiger partial charge in [-0.2, -0.15) is 0 Å². The molecule has 4 rings (SSSR count). The zero-order valence-electron chi connectivity index (χ0n) is 18.2. The van der Waals surface area contributed by atoms with Crippen molar-refractivity contribution in [1.82, 2.24) is 5.16 Å². The monoisotopic (exact) mass is 447 g/mol. The van der Waals surface area contributed by atoms with Crippen LogP contribution in [-0.4, -0.2) is 26.9 Å². The van der Waals surface area contributed by atoms with Crippen molar-refractivity contribution in [1.29, 1.82) is 0 Å². The second-order valence-corrected chi connectivity index (χ2v) is 8.68. The van der Waals surface area contributed by atoms with E-state index in [9.17, 15) is 24.8 Å². The van der Waals surface area contributed by atoms with E-state index in [1.165, 1.54) is 24.3 Å². The van der Waals surface area contributed by atoms with Crippen LogP contribution in [0, 0.1) is 10.1 Å². The van der Waals surface area contributed by atoms with E-state index in [0.29, 0.717) is 16.9 Å². The lowest BCUT2D eigenvalue weighted by molar-refractivity contribution is -0.384. The molecule has 0 radical (unpaired) electrons. The number of amides is 1. The summed E-state index contributed by atoms with van der Waals surface area (Å²) in [6, 6.07) is 14.4. The summed E-state index contributed by atoms with van der Waals surface area (Å²) in [5, 5.41) is 26.1. The predicted molar refractivity (Wildman–Crippen MR) is 120 cm³/mol. The molecule has 1 amide bonds. The van der Waals surface area contributed by atoms with Crippen molar-refractivity contribution in [3.05, 3.63) is 93.2 Å². The molecule has 1 atom stereocenters. The van der Waals surface area contributed by atoms with Crippen LogP contribution >= 0.6 is 0 Å². The molecule has 1 aromatic heterocycles. The van der Waals surface area contributed by atoms with Gasteiger partial charge in [0.25, 0.3) is 11.5 Å². The van der Waals surface area contributed by atoms with E-state index in [1.54, 1.807) is 36.4 Å². The summed E-state index contributed by atoms with van der Waals surface area (Å²) >= 11 is 0. The number of rotatable bonds is 4. The molecule has 0 saturated carbocycles. The number of nitrogens with zero attached hydrogens (tertiary/aromatic N) is 3. The molecule has 3 aromatic rings. The van der Waals surface area contributed by atoms with Gasteiger partial charge in [0, 0.05) is 29.2 Å². The molecular weight excluding hydrogens is 426 g/mol. The Morgan fingerprint density at radius 3 is 2.27 bits per heavy atom. The Morgan fingerprint density at radius 1 is 1.09 bits per heavy atom. The number of nitro groups is 1. The number of carbonyl (C=O) groups is 2. The zero-order valence-corrected chi connectivity index (χ0v) is 18.2. The summed E-state index contributed by atoms with van der Waals surface area (Å²) < 4.78 is 5.42. The SMILES string of the molecule is CC(C)(C)c1cc(N2C(=O)C(=O)C(=C(O)c3ccccc3)[C@H]2c2ccc([N+](=O)[O-])cc2)no1. The summed E-state index contributed by atoms with van der Waals surface area (Å²) in [6.07, 6.45) is 0. The highest BCUT2D eigenvalue weighted by molar-refractivity contribution is 6.51. The highest BCUT2D eigenvalue weighted by Gasteiger charge is 2.48. The molecule has 1 saturated heterocycles. The lowest BCUT2D eigenvalue weighted by atomic mass is 9.93. The average molecular weight is 447 g/mol. The number of anilines is 1. The Bertz CT molecular complexity index is 1270. The van der Waals surface area contributed by atoms with Gasteiger partial charge in [-0.15, -0.1) is 0 Å². The minimum atomic E-state index is -1.05. The van der Waals surface area contributed by atoms with Crippen molar-refractivity contribution in [2.24, 2.45) is 0 Å².